The molecule has 7 nitrogen and oxygen atoms in total. The van der Waals surface area contributed by atoms with Gasteiger partial charge in [-0.1, -0.05) is 12.1 Å². The van der Waals surface area contributed by atoms with Gasteiger partial charge in [-0.2, -0.15) is 0 Å². The number of hydrogen-bond donors (Lipinski definition) is 3. The minimum Gasteiger partial charge on any atom is -0.478 e. The van der Waals surface area contributed by atoms with Crippen LogP contribution in [0.25, 0.3) is 33.6 Å². The zero-order valence-electron chi connectivity index (χ0n) is 19.9. The Bertz CT molecular complexity index is 1510. The van der Waals surface area contributed by atoms with Gasteiger partial charge in [0.15, 0.2) is 0 Å². The van der Waals surface area contributed by atoms with E-state index < -0.39 is 11.5 Å². The summed E-state index contributed by atoms with van der Waals surface area (Å²) in [5.41, 5.74) is 14.4. The molecule has 0 bridgehead atoms. The lowest BCUT2D eigenvalue weighted by molar-refractivity contribution is 0.0693. The molecule has 1 aromatic carbocycles. The van der Waals surface area contributed by atoms with E-state index in [1.165, 1.54) is 12.1 Å². The van der Waals surface area contributed by atoms with E-state index in [2.05, 4.69) is 10.3 Å². The van der Waals surface area contributed by atoms with Crippen LogP contribution in [0.5, 0.6) is 0 Å². The Labute approximate surface area is 207 Å². The average Bonchev–Trinajstić information content (AvgIpc) is 3.15. The van der Waals surface area contributed by atoms with E-state index in [-0.39, 0.29) is 5.82 Å². The fourth-order valence-corrected chi connectivity index (χ4v) is 5.45. The van der Waals surface area contributed by atoms with Crippen molar-refractivity contribution < 1.29 is 14.3 Å². The maximum absolute atomic E-state index is 13.4. The molecule has 4 aromatic rings. The summed E-state index contributed by atoms with van der Waals surface area (Å²) < 4.78 is 15.4. The Hall–Kier alpha value is -3.88. The van der Waals surface area contributed by atoms with Crippen molar-refractivity contribution in [2.75, 3.05) is 13.1 Å². The normalized spacial score (nSPS) is 15.6. The summed E-state index contributed by atoms with van der Waals surface area (Å²) in [7, 11) is 1.93. The minimum absolute atomic E-state index is 0.285. The number of carboxylic acid groups (broad SMARTS) is 1. The van der Waals surface area contributed by atoms with Gasteiger partial charge in [0.1, 0.15) is 5.82 Å². The molecule has 2 aliphatic rings. The van der Waals surface area contributed by atoms with Crippen molar-refractivity contribution in [3.63, 3.8) is 0 Å². The molecule has 4 heterocycles. The number of nitrogens with two attached hydrogens (primary N) is 1. The van der Waals surface area contributed by atoms with Crippen LogP contribution in [-0.4, -0.2) is 44.2 Å². The zero-order valence-corrected chi connectivity index (χ0v) is 19.9. The topological polar surface area (TPSA) is 106 Å². The molecular weight excluding hydrogens is 457 g/mol. The van der Waals surface area contributed by atoms with Crippen molar-refractivity contribution in [2.45, 2.75) is 24.8 Å². The van der Waals surface area contributed by atoms with Gasteiger partial charge in [0.05, 0.1) is 17.0 Å². The van der Waals surface area contributed by atoms with Crippen LogP contribution in [0.1, 0.15) is 27.2 Å². The molecule has 1 aliphatic heterocycles. The van der Waals surface area contributed by atoms with Gasteiger partial charge in [-0.15, -0.1) is 0 Å². The quantitative estimate of drug-likeness (QED) is 0.401. The Morgan fingerprint density at radius 3 is 2.56 bits per heavy atom. The number of halogens is 1. The zero-order chi connectivity index (χ0) is 25.0. The van der Waals surface area contributed by atoms with E-state index in [1.807, 2.05) is 29.9 Å². The number of benzene rings is 1. The summed E-state index contributed by atoms with van der Waals surface area (Å²) in [6.45, 7) is 1.34. The standard InChI is InChI=1S/C28H26FN5O2/c1-34-24(10-28(30)14-32-15-28)25(27(35)36)21-7-4-17-13-33-23(9-22(17)26(21)34)19-8-18(11-31-12-19)16-2-5-20(29)6-3-16/h2-3,5-6,8-9,11-13,32H,4,7,10,14-15,30H2,1H3,(H,35,36). The summed E-state index contributed by atoms with van der Waals surface area (Å²) in [5, 5.41) is 13.3. The number of aromatic nitrogens is 3. The number of aromatic carboxylic acids is 1. The maximum atomic E-state index is 13.4. The van der Waals surface area contributed by atoms with Crippen molar-refractivity contribution in [1.82, 2.24) is 19.9 Å². The Balaban J connectivity index is 1.45. The lowest BCUT2D eigenvalue weighted by atomic mass is 9.85. The minimum atomic E-state index is -0.910. The van der Waals surface area contributed by atoms with Gasteiger partial charge >= 0.3 is 5.97 Å². The van der Waals surface area contributed by atoms with Crippen LogP contribution in [0.15, 0.2) is 55.0 Å². The molecular formula is C28H26FN5O2. The highest BCUT2D eigenvalue weighted by Crippen LogP contribution is 2.40. The summed E-state index contributed by atoms with van der Waals surface area (Å²) in [5.74, 6) is -1.20. The van der Waals surface area contributed by atoms with Crippen LogP contribution in [-0.2, 0) is 26.3 Å². The lowest BCUT2D eigenvalue weighted by Gasteiger charge is -2.39. The summed E-state index contributed by atoms with van der Waals surface area (Å²) in [6.07, 6.45) is 7.26. The SMILES string of the molecule is Cn1c(CC2(N)CNC2)c(C(=O)O)c2c1-c1cc(-c3cncc(-c4ccc(F)cc4)c3)ncc1CC2. The smallest absolute Gasteiger partial charge is 0.337 e. The van der Waals surface area contributed by atoms with Crippen LogP contribution < -0.4 is 11.1 Å². The molecule has 1 fully saturated rings. The number of rotatable bonds is 5. The summed E-state index contributed by atoms with van der Waals surface area (Å²) in [4.78, 5) is 21.5. The van der Waals surface area contributed by atoms with Crippen LogP contribution in [0.4, 0.5) is 4.39 Å². The van der Waals surface area contributed by atoms with Gasteiger partial charge in [0, 0.05) is 73.1 Å². The number of fused-ring (bicyclic) bond motifs is 3. The molecule has 3 aromatic heterocycles. The monoisotopic (exact) mass is 483 g/mol. The highest BCUT2D eigenvalue weighted by atomic mass is 19.1. The van der Waals surface area contributed by atoms with Gasteiger partial charge < -0.3 is 20.7 Å². The van der Waals surface area contributed by atoms with Gasteiger partial charge in [-0.05, 0) is 53.8 Å². The third-order valence-corrected chi connectivity index (χ3v) is 7.40. The number of pyridine rings is 2. The second-order valence-electron chi connectivity index (χ2n) is 9.85. The third kappa shape index (κ3) is 3.70. The Kier molecular flexibility index (Phi) is 5.24. The van der Waals surface area contributed by atoms with Crippen LogP contribution in [0.3, 0.4) is 0 Å². The average molecular weight is 484 g/mol. The Morgan fingerprint density at radius 2 is 1.86 bits per heavy atom. The van der Waals surface area contributed by atoms with Crippen molar-refractivity contribution in [3.8, 4) is 33.6 Å². The first-order valence-corrected chi connectivity index (χ1v) is 12.0. The first-order chi connectivity index (χ1) is 17.3. The number of carboxylic acids is 1. The highest BCUT2D eigenvalue weighted by molar-refractivity contribution is 5.95. The largest absolute Gasteiger partial charge is 0.478 e. The number of aryl methyl sites for hydroxylation is 1. The van der Waals surface area contributed by atoms with Crippen molar-refractivity contribution in [2.24, 2.45) is 12.8 Å². The van der Waals surface area contributed by atoms with Crippen LogP contribution >= 0.6 is 0 Å². The molecule has 1 aliphatic carbocycles. The fraction of sp³-hybridized carbons (Fsp3) is 0.250. The van der Waals surface area contributed by atoms with E-state index in [1.54, 1.807) is 24.5 Å². The molecule has 0 atom stereocenters. The predicted octanol–water partition coefficient (Wildman–Crippen LogP) is 3.60. The number of carbonyl (C=O) groups is 1. The van der Waals surface area contributed by atoms with Crippen molar-refractivity contribution >= 4 is 5.97 Å². The highest BCUT2D eigenvalue weighted by Gasteiger charge is 2.38. The number of nitrogens with zero attached hydrogens (tertiary/aromatic N) is 3. The molecule has 0 saturated carbocycles. The van der Waals surface area contributed by atoms with Crippen molar-refractivity contribution in [3.05, 3.63) is 83.2 Å². The van der Waals surface area contributed by atoms with Crippen molar-refractivity contribution in [1.29, 1.82) is 0 Å². The molecule has 1 saturated heterocycles. The van der Waals surface area contributed by atoms with E-state index in [0.29, 0.717) is 31.5 Å². The summed E-state index contributed by atoms with van der Waals surface area (Å²) >= 11 is 0. The maximum Gasteiger partial charge on any atom is 0.337 e. The molecule has 6 rings (SSSR count). The predicted molar refractivity (Wildman–Crippen MR) is 135 cm³/mol. The second-order valence-corrected chi connectivity index (χ2v) is 9.85. The molecule has 36 heavy (non-hydrogen) atoms. The van der Waals surface area contributed by atoms with Gasteiger partial charge in [-0.3, -0.25) is 9.97 Å². The molecule has 0 spiro atoms. The third-order valence-electron chi connectivity index (χ3n) is 7.40. The fourth-order valence-electron chi connectivity index (χ4n) is 5.45. The Morgan fingerprint density at radius 1 is 1.11 bits per heavy atom. The second kappa shape index (κ2) is 8.36. The van der Waals surface area contributed by atoms with Crippen LogP contribution in [0.2, 0.25) is 0 Å². The van der Waals surface area contributed by atoms with Gasteiger partial charge in [0.25, 0.3) is 0 Å². The molecule has 8 heteroatoms. The first-order valence-electron chi connectivity index (χ1n) is 12.0. The van der Waals surface area contributed by atoms with E-state index >= 15 is 0 Å². The number of hydrogen-bond acceptors (Lipinski definition) is 5. The molecule has 182 valence electrons. The van der Waals surface area contributed by atoms with Gasteiger partial charge in [-0.25, -0.2) is 9.18 Å². The lowest BCUT2D eigenvalue weighted by Crippen LogP contribution is -2.67. The molecule has 0 unspecified atom stereocenters. The van der Waals surface area contributed by atoms with E-state index in [9.17, 15) is 14.3 Å². The molecule has 4 N–H and O–H groups in total. The van der Waals surface area contributed by atoms with Crippen LogP contribution in [0, 0.1) is 5.82 Å². The van der Waals surface area contributed by atoms with E-state index in [4.69, 9.17) is 10.7 Å². The number of nitrogens with one attached hydrogen (secondary N) is 1. The summed E-state index contributed by atoms with van der Waals surface area (Å²) in [6, 6.07) is 10.3. The molecule has 0 radical (unpaired) electrons. The van der Waals surface area contributed by atoms with Gasteiger partial charge in [0.2, 0.25) is 0 Å². The molecule has 0 amide bonds. The van der Waals surface area contributed by atoms with E-state index in [0.717, 1.165) is 56.9 Å². The first kappa shape index (κ1) is 22.6.